The van der Waals surface area contributed by atoms with Gasteiger partial charge in [-0.25, -0.2) is 0 Å². The second-order valence-electron chi connectivity index (χ2n) is 4.15. The van der Waals surface area contributed by atoms with Gasteiger partial charge in [0.05, 0.1) is 6.54 Å². The molecule has 0 aromatic carbocycles. The highest BCUT2D eigenvalue weighted by molar-refractivity contribution is 9.10. The molecule has 0 aliphatic rings. The fourth-order valence-electron chi connectivity index (χ4n) is 1.69. The zero-order valence-electron chi connectivity index (χ0n) is 11.3. The molecule has 6 heteroatoms. The second-order valence-corrected chi connectivity index (χ2v) is 6.07. The van der Waals surface area contributed by atoms with Crippen molar-refractivity contribution in [2.75, 3.05) is 13.6 Å². The first-order chi connectivity index (χ1) is 9.78. The zero-order chi connectivity index (χ0) is 14.2. The van der Waals surface area contributed by atoms with Crippen LogP contribution in [0.5, 0.6) is 0 Å². The van der Waals surface area contributed by atoms with Crippen molar-refractivity contribution in [1.82, 2.24) is 15.6 Å². The monoisotopic (exact) mass is 352 g/mol. The fraction of sp³-hybridized carbons (Fsp3) is 0.286. The summed E-state index contributed by atoms with van der Waals surface area (Å²) in [6, 6.07) is 8.07. The van der Waals surface area contributed by atoms with E-state index in [0.29, 0.717) is 0 Å². The van der Waals surface area contributed by atoms with Gasteiger partial charge in [0, 0.05) is 46.6 Å². The third-order valence-corrected chi connectivity index (χ3v) is 4.37. The summed E-state index contributed by atoms with van der Waals surface area (Å²) in [7, 11) is 1.78. The number of guanidine groups is 1. The number of halogens is 1. The van der Waals surface area contributed by atoms with Crippen LogP contribution in [0.25, 0.3) is 0 Å². The first-order valence-electron chi connectivity index (χ1n) is 6.35. The fourth-order valence-corrected chi connectivity index (χ4v) is 3.08. The van der Waals surface area contributed by atoms with Gasteiger partial charge in [-0.3, -0.25) is 9.98 Å². The average Bonchev–Trinajstić information content (AvgIpc) is 2.89. The lowest BCUT2D eigenvalue weighted by molar-refractivity contribution is 0.788. The van der Waals surface area contributed by atoms with Gasteiger partial charge < -0.3 is 10.6 Å². The molecule has 0 fully saturated rings. The lowest BCUT2D eigenvalue weighted by Crippen LogP contribution is -2.37. The number of nitrogens with one attached hydrogen (secondary N) is 2. The first-order valence-corrected chi connectivity index (χ1v) is 8.02. The van der Waals surface area contributed by atoms with Crippen LogP contribution in [0.1, 0.15) is 10.6 Å². The number of pyridine rings is 1. The van der Waals surface area contributed by atoms with E-state index in [1.807, 2.05) is 24.4 Å². The lowest BCUT2D eigenvalue weighted by Gasteiger charge is -2.10. The summed E-state index contributed by atoms with van der Waals surface area (Å²) >= 11 is 5.17. The molecule has 2 rings (SSSR count). The van der Waals surface area contributed by atoms with Gasteiger partial charge in [-0.1, -0.05) is 6.07 Å². The molecule has 20 heavy (non-hydrogen) atoms. The van der Waals surface area contributed by atoms with Gasteiger partial charge in [0.2, 0.25) is 0 Å². The molecule has 2 aromatic rings. The number of hydrogen-bond acceptors (Lipinski definition) is 3. The van der Waals surface area contributed by atoms with Crippen LogP contribution in [0.4, 0.5) is 0 Å². The van der Waals surface area contributed by atoms with E-state index in [4.69, 9.17) is 0 Å². The van der Waals surface area contributed by atoms with E-state index in [0.717, 1.165) is 35.6 Å². The van der Waals surface area contributed by atoms with Gasteiger partial charge in [0.1, 0.15) is 0 Å². The average molecular weight is 353 g/mol. The third kappa shape index (κ3) is 4.94. The first kappa shape index (κ1) is 15.0. The summed E-state index contributed by atoms with van der Waals surface area (Å²) in [5, 5.41) is 8.66. The molecule has 0 amide bonds. The van der Waals surface area contributed by atoms with E-state index in [1.54, 1.807) is 18.4 Å². The van der Waals surface area contributed by atoms with Crippen molar-refractivity contribution in [2.24, 2.45) is 4.99 Å². The number of thiophene rings is 1. The highest BCUT2D eigenvalue weighted by Crippen LogP contribution is 2.19. The van der Waals surface area contributed by atoms with Crippen molar-refractivity contribution < 1.29 is 0 Å². The van der Waals surface area contributed by atoms with Crippen molar-refractivity contribution in [3.05, 3.63) is 50.9 Å². The van der Waals surface area contributed by atoms with Crippen molar-refractivity contribution in [2.45, 2.75) is 13.0 Å². The van der Waals surface area contributed by atoms with Crippen molar-refractivity contribution in [1.29, 1.82) is 0 Å². The Labute approximate surface area is 131 Å². The van der Waals surface area contributed by atoms with E-state index in [9.17, 15) is 0 Å². The molecule has 0 radical (unpaired) electrons. The van der Waals surface area contributed by atoms with Crippen LogP contribution in [0, 0.1) is 0 Å². The van der Waals surface area contributed by atoms with Crippen molar-refractivity contribution in [3.8, 4) is 0 Å². The Morgan fingerprint density at radius 2 is 2.30 bits per heavy atom. The summed E-state index contributed by atoms with van der Waals surface area (Å²) in [5.41, 5.74) is 1.08. The van der Waals surface area contributed by atoms with Crippen LogP contribution < -0.4 is 10.6 Å². The summed E-state index contributed by atoms with van der Waals surface area (Å²) < 4.78 is 1.12. The largest absolute Gasteiger partial charge is 0.356 e. The standard InChI is InChI=1S/C14H17BrN4S/c1-16-14(19-9-13-8-11(15)10-20-13)18-7-5-12-4-2-3-6-17-12/h2-4,6,8,10H,5,7,9H2,1H3,(H2,16,18,19). The minimum Gasteiger partial charge on any atom is -0.356 e. The zero-order valence-corrected chi connectivity index (χ0v) is 13.7. The molecule has 0 aliphatic carbocycles. The van der Waals surface area contributed by atoms with Gasteiger partial charge in [-0.2, -0.15) is 0 Å². The molecule has 0 bridgehead atoms. The van der Waals surface area contributed by atoms with Crippen molar-refractivity contribution >= 4 is 33.2 Å². The molecule has 0 saturated heterocycles. The van der Waals surface area contributed by atoms with Gasteiger partial charge in [0.25, 0.3) is 0 Å². The molecule has 0 spiro atoms. The second kappa shape index (κ2) is 8.01. The van der Waals surface area contributed by atoms with E-state index in [1.165, 1.54) is 4.88 Å². The van der Waals surface area contributed by atoms with Gasteiger partial charge >= 0.3 is 0 Å². The van der Waals surface area contributed by atoms with Crippen molar-refractivity contribution in [3.63, 3.8) is 0 Å². The van der Waals surface area contributed by atoms with Crippen LogP contribution in [0.2, 0.25) is 0 Å². The Balaban J connectivity index is 1.73. The number of hydrogen-bond donors (Lipinski definition) is 2. The van der Waals surface area contributed by atoms with Crippen LogP contribution >= 0.6 is 27.3 Å². The molecule has 2 N–H and O–H groups in total. The number of aromatic nitrogens is 1. The van der Waals surface area contributed by atoms with Crippen LogP contribution in [-0.4, -0.2) is 24.5 Å². The maximum atomic E-state index is 4.29. The number of aliphatic imine (C=N–C) groups is 1. The molecule has 0 atom stereocenters. The highest BCUT2D eigenvalue weighted by atomic mass is 79.9. The minimum atomic E-state index is 0.777. The molecule has 0 aliphatic heterocycles. The highest BCUT2D eigenvalue weighted by Gasteiger charge is 2.01. The molecule has 2 aromatic heterocycles. The summed E-state index contributed by atoms with van der Waals surface area (Å²) in [4.78, 5) is 9.77. The van der Waals surface area contributed by atoms with Gasteiger partial charge in [0.15, 0.2) is 5.96 Å². The normalized spacial score (nSPS) is 11.4. The van der Waals surface area contributed by atoms with Crippen LogP contribution in [0.3, 0.4) is 0 Å². The molecule has 106 valence electrons. The van der Waals surface area contributed by atoms with Crippen LogP contribution in [0.15, 0.2) is 45.3 Å². The summed E-state index contributed by atoms with van der Waals surface area (Å²) in [6.45, 7) is 1.59. The summed E-state index contributed by atoms with van der Waals surface area (Å²) in [5.74, 6) is 0.811. The predicted molar refractivity (Wildman–Crippen MR) is 88.2 cm³/mol. The Bertz CT molecular complexity index is 553. The maximum Gasteiger partial charge on any atom is 0.191 e. The molecular formula is C14H17BrN4S. The Morgan fingerprint density at radius 3 is 2.95 bits per heavy atom. The summed E-state index contributed by atoms with van der Waals surface area (Å²) in [6.07, 6.45) is 2.70. The lowest BCUT2D eigenvalue weighted by atomic mass is 10.3. The quantitative estimate of drug-likeness (QED) is 0.642. The predicted octanol–water partition coefficient (Wildman–Crippen LogP) is 2.81. The SMILES string of the molecule is CN=C(NCCc1ccccn1)NCc1cc(Br)cs1. The van der Waals surface area contributed by atoms with E-state index >= 15 is 0 Å². The Kier molecular flexibility index (Phi) is 6.01. The molecule has 4 nitrogen and oxygen atoms in total. The van der Waals surface area contributed by atoms with E-state index in [-0.39, 0.29) is 0 Å². The smallest absolute Gasteiger partial charge is 0.191 e. The number of rotatable bonds is 5. The minimum absolute atomic E-state index is 0.777. The topological polar surface area (TPSA) is 49.3 Å². The maximum absolute atomic E-state index is 4.29. The van der Waals surface area contributed by atoms with Crippen LogP contribution in [-0.2, 0) is 13.0 Å². The number of nitrogens with zero attached hydrogens (tertiary/aromatic N) is 2. The Morgan fingerprint density at radius 1 is 1.40 bits per heavy atom. The molecule has 0 saturated carbocycles. The molecule has 0 unspecified atom stereocenters. The molecular weight excluding hydrogens is 336 g/mol. The Hall–Kier alpha value is -1.40. The third-order valence-electron chi connectivity index (χ3n) is 2.68. The molecule has 2 heterocycles. The van der Waals surface area contributed by atoms with E-state index in [2.05, 4.69) is 48.0 Å². The van der Waals surface area contributed by atoms with Gasteiger partial charge in [-0.15, -0.1) is 11.3 Å². The van der Waals surface area contributed by atoms with E-state index < -0.39 is 0 Å². The van der Waals surface area contributed by atoms with Gasteiger partial charge in [-0.05, 0) is 34.1 Å².